The summed E-state index contributed by atoms with van der Waals surface area (Å²) in [4.78, 5) is 30.5. The minimum Gasteiger partial charge on any atom is -0.486 e. The van der Waals surface area contributed by atoms with Gasteiger partial charge in [-0.25, -0.2) is 4.39 Å². The van der Waals surface area contributed by atoms with Gasteiger partial charge in [-0.2, -0.15) is 0 Å². The van der Waals surface area contributed by atoms with Crippen LogP contribution in [-0.2, 0) is 9.59 Å². The van der Waals surface area contributed by atoms with E-state index in [9.17, 15) is 19.1 Å². The molecule has 0 unspecified atom stereocenters. The molecule has 1 amide bonds. The first kappa shape index (κ1) is 27.4. The molecule has 1 aliphatic heterocycles. The molecule has 2 fully saturated rings. The normalized spacial score (nSPS) is 20.4. The number of nitrogens with two attached hydrogens (primary N) is 1. The number of carbonyl (C=O) groups is 2. The monoisotopic (exact) mass is 571 g/mol. The van der Waals surface area contributed by atoms with Crippen LogP contribution in [0.4, 0.5) is 4.39 Å². The zero-order valence-corrected chi connectivity index (χ0v) is 22.8. The van der Waals surface area contributed by atoms with Gasteiger partial charge in [0, 0.05) is 47.4 Å². The van der Waals surface area contributed by atoms with Crippen LogP contribution in [0.2, 0.25) is 10.0 Å². The van der Waals surface area contributed by atoms with Crippen molar-refractivity contribution in [3.8, 4) is 5.75 Å². The SMILES string of the molecule is C[C@H](Oc1ccc2ncc(/C=C/C(=O)N3CC[C@@H](N)[C@H](C(=O)O)C3)c(C3CC3)c2c1)c1c(Cl)ccc(F)c1Cl. The van der Waals surface area contributed by atoms with E-state index in [-0.39, 0.29) is 17.5 Å². The molecule has 204 valence electrons. The topological polar surface area (TPSA) is 106 Å². The summed E-state index contributed by atoms with van der Waals surface area (Å²) in [6.07, 6.45) is 6.84. The molecule has 1 saturated carbocycles. The predicted octanol–water partition coefficient (Wildman–Crippen LogP) is 5.97. The maximum absolute atomic E-state index is 14.1. The molecule has 1 aromatic heterocycles. The average molecular weight is 572 g/mol. The van der Waals surface area contributed by atoms with Gasteiger partial charge in [0.05, 0.1) is 16.5 Å². The Morgan fingerprint density at radius 2 is 2.00 bits per heavy atom. The number of hydrogen-bond acceptors (Lipinski definition) is 5. The highest BCUT2D eigenvalue weighted by Crippen LogP contribution is 2.46. The van der Waals surface area contributed by atoms with Gasteiger partial charge in [0.1, 0.15) is 17.7 Å². The van der Waals surface area contributed by atoms with Crippen molar-refractivity contribution in [2.75, 3.05) is 13.1 Å². The molecule has 10 heteroatoms. The van der Waals surface area contributed by atoms with E-state index in [0.717, 1.165) is 34.9 Å². The molecule has 3 aromatic rings. The highest BCUT2D eigenvalue weighted by atomic mass is 35.5. The molecule has 0 bridgehead atoms. The minimum atomic E-state index is -0.993. The molecule has 2 aromatic carbocycles. The maximum Gasteiger partial charge on any atom is 0.309 e. The summed E-state index contributed by atoms with van der Waals surface area (Å²) in [7, 11) is 0. The van der Waals surface area contributed by atoms with Gasteiger partial charge in [0.2, 0.25) is 5.91 Å². The van der Waals surface area contributed by atoms with E-state index in [1.54, 1.807) is 25.3 Å². The number of pyridine rings is 1. The number of likely N-dealkylation sites (tertiary alicyclic amines) is 1. The quantitative estimate of drug-likeness (QED) is 0.267. The van der Waals surface area contributed by atoms with Gasteiger partial charge < -0.3 is 20.5 Å². The number of aromatic nitrogens is 1. The maximum atomic E-state index is 14.1. The predicted molar refractivity (Wildman–Crippen MR) is 149 cm³/mol. The molecule has 1 aliphatic carbocycles. The summed E-state index contributed by atoms with van der Waals surface area (Å²) < 4.78 is 20.2. The molecule has 1 saturated heterocycles. The third-order valence-corrected chi connectivity index (χ3v) is 8.11. The Morgan fingerprint density at radius 3 is 2.72 bits per heavy atom. The molecule has 3 atom stereocenters. The number of piperidine rings is 1. The van der Waals surface area contributed by atoms with E-state index in [0.29, 0.717) is 35.2 Å². The molecule has 2 heterocycles. The molecule has 2 aliphatic rings. The van der Waals surface area contributed by atoms with Gasteiger partial charge in [0.25, 0.3) is 0 Å². The summed E-state index contributed by atoms with van der Waals surface area (Å²) in [5.74, 6) is -1.72. The van der Waals surface area contributed by atoms with Crippen LogP contribution in [0.3, 0.4) is 0 Å². The lowest BCUT2D eigenvalue weighted by Crippen LogP contribution is -2.51. The lowest BCUT2D eigenvalue weighted by atomic mass is 9.93. The Balaban J connectivity index is 1.42. The lowest BCUT2D eigenvalue weighted by Gasteiger charge is -2.34. The number of benzene rings is 2. The second kappa shape index (κ2) is 11.1. The second-order valence-corrected chi connectivity index (χ2v) is 10.9. The number of carboxylic acid groups (broad SMARTS) is 1. The van der Waals surface area contributed by atoms with Gasteiger partial charge in [0.15, 0.2) is 0 Å². The van der Waals surface area contributed by atoms with E-state index in [1.807, 2.05) is 12.1 Å². The number of rotatable bonds is 7. The van der Waals surface area contributed by atoms with Crippen LogP contribution in [0, 0.1) is 11.7 Å². The third-order valence-electron chi connectivity index (χ3n) is 7.40. The van der Waals surface area contributed by atoms with Crippen LogP contribution in [0.15, 0.2) is 42.6 Å². The van der Waals surface area contributed by atoms with Crippen molar-refractivity contribution in [3.05, 3.63) is 75.2 Å². The van der Waals surface area contributed by atoms with Crippen LogP contribution in [0.1, 0.15) is 54.9 Å². The fraction of sp³-hybridized carbons (Fsp3) is 0.345. The van der Waals surface area contributed by atoms with E-state index in [2.05, 4.69) is 4.98 Å². The molecule has 0 radical (unpaired) electrons. The van der Waals surface area contributed by atoms with E-state index in [1.165, 1.54) is 23.1 Å². The number of halogens is 3. The molecular weight excluding hydrogens is 544 g/mol. The van der Waals surface area contributed by atoms with Crippen molar-refractivity contribution in [1.82, 2.24) is 9.88 Å². The Hall–Kier alpha value is -3.20. The van der Waals surface area contributed by atoms with Crippen molar-refractivity contribution in [1.29, 1.82) is 0 Å². The van der Waals surface area contributed by atoms with Crippen LogP contribution >= 0.6 is 23.2 Å². The van der Waals surface area contributed by atoms with Crippen LogP contribution < -0.4 is 10.5 Å². The first-order valence-electron chi connectivity index (χ1n) is 12.8. The number of aliphatic carboxylic acids is 1. The third kappa shape index (κ3) is 5.73. The molecule has 3 N–H and O–H groups in total. The summed E-state index contributed by atoms with van der Waals surface area (Å²) in [5.41, 5.74) is 8.99. The van der Waals surface area contributed by atoms with Crippen LogP contribution in [0.25, 0.3) is 17.0 Å². The Kier molecular flexibility index (Phi) is 7.80. The van der Waals surface area contributed by atoms with Crippen molar-refractivity contribution in [2.45, 2.75) is 44.2 Å². The van der Waals surface area contributed by atoms with Crippen LogP contribution in [-0.4, -0.2) is 46.0 Å². The minimum absolute atomic E-state index is 0.0708. The number of fused-ring (bicyclic) bond motifs is 1. The largest absolute Gasteiger partial charge is 0.486 e. The fourth-order valence-electron chi connectivity index (χ4n) is 5.12. The smallest absolute Gasteiger partial charge is 0.309 e. The zero-order chi connectivity index (χ0) is 27.8. The van der Waals surface area contributed by atoms with E-state index < -0.39 is 29.9 Å². The standard InChI is InChI=1S/C29H28Cl2FN3O4/c1-15(26-21(30)6-7-22(32)28(26)31)39-18-5-8-24-19(12-18)27(16-2-3-16)17(13-34-24)4-9-25(36)35-11-10-23(33)20(14-35)29(37)38/h4-9,12-13,15-16,20,23H,2-3,10-11,14,33H2,1H3,(H,37,38)/b9-4+/t15-,20+,23+/m0/s1. The Bertz CT molecular complexity index is 1480. The lowest BCUT2D eigenvalue weighted by molar-refractivity contribution is -0.145. The summed E-state index contributed by atoms with van der Waals surface area (Å²) in [6, 6.07) is 7.76. The molecule has 7 nitrogen and oxygen atoms in total. The van der Waals surface area contributed by atoms with Crippen molar-refractivity contribution in [3.63, 3.8) is 0 Å². The Labute approximate surface area is 235 Å². The molecule has 0 spiro atoms. The van der Waals surface area contributed by atoms with Gasteiger partial charge in [-0.05, 0) is 79.6 Å². The molecule has 39 heavy (non-hydrogen) atoms. The van der Waals surface area contributed by atoms with E-state index in [4.69, 9.17) is 33.7 Å². The van der Waals surface area contributed by atoms with Crippen molar-refractivity contribution < 1.29 is 23.8 Å². The zero-order valence-electron chi connectivity index (χ0n) is 21.2. The number of carbonyl (C=O) groups excluding carboxylic acids is 1. The van der Waals surface area contributed by atoms with Gasteiger partial charge in [-0.1, -0.05) is 23.2 Å². The summed E-state index contributed by atoms with van der Waals surface area (Å²) in [5, 5.41) is 10.6. The number of hydrogen-bond donors (Lipinski definition) is 2. The summed E-state index contributed by atoms with van der Waals surface area (Å²) in [6.45, 7) is 2.26. The highest BCUT2D eigenvalue weighted by molar-refractivity contribution is 6.36. The number of carboxylic acids is 1. The van der Waals surface area contributed by atoms with Crippen LogP contribution in [0.5, 0.6) is 5.75 Å². The number of nitrogens with zero attached hydrogens (tertiary/aromatic N) is 2. The Morgan fingerprint density at radius 1 is 1.23 bits per heavy atom. The average Bonchev–Trinajstić information content (AvgIpc) is 3.74. The first-order chi connectivity index (χ1) is 18.6. The summed E-state index contributed by atoms with van der Waals surface area (Å²) >= 11 is 12.5. The number of amides is 1. The first-order valence-corrected chi connectivity index (χ1v) is 13.6. The second-order valence-electron chi connectivity index (χ2n) is 10.1. The van der Waals surface area contributed by atoms with Crippen molar-refractivity contribution in [2.24, 2.45) is 11.7 Å². The molecule has 5 rings (SSSR count). The fourth-order valence-corrected chi connectivity index (χ4v) is 5.80. The van der Waals surface area contributed by atoms with Gasteiger partial charge >= 0.3 is 5.97 Å². The van der Waals surface area contributed by atoms with Gasteiger partial charge in [-0.3, -0.25) is 14.6 Å². The number of ether oxygens (including phenoxy) is 1. The van der Waals surface area contributed by atoms with E-state index >= 15 is 0 Å². The van der Waals surface area contributed by atoms with Gasteiger partial charge in [-0.15, -0.1) is 0 Å². The highest BCUT2D eigenvalue weighted by Gasteiger charge is 2.33. The van der Waals surface area contributed by atoms with Crippen molar-refractivity contribution >= 4 is 52.1 Å². The molecular formula is C29H28Cl2FN3O4.